The number of hydrogen-bond acceptors (Lipinski definition) is 6. The van der Waals surface area contributed by atoms with Crippen LogP contribution < -0.4 is 15.2 Å². The smallest absolute Gasteiger partial charge is 0.220 e. The van der Waals surface area contributed by atoms with Crippen molar-refractivity contribution in [2.75, 3.05) is 12.8 Å². The van der Waals surface area contributed by atoms with Crippen molar-refractivity contribution in [3.8, 4) is 17.4 Å². The van der Waals surface area contributed by atoms with Gasteiger partial charge in [-0.1, -0.05) is 6.07 Å². The molecule has 6 nitrogen and oxygen atoms in total. The molecule has 0 atom stereocenters. The summed E-state index contributed by atoms with van der Waals surface area (Å²) >= 11 is 0. The predicted octanol–water partition coefficient (Wildman–Crippen LogP) is 2.41. The highest BCUT2D eigenvalue weighted by atomic mass is 16.5. The predicted molar refractivity (Wildman–Crippen MR) is 74.8 cm³/mol. The third kappa shape index (κ3) is 2.31. The monoisotopic (exact) mass is 268 g/mol. The molecule has 2 N–H and O–H groups in total. The number of ether oxygens (including phenoxy) is 2. The Kier molecular flexibility index (Phi) is 3.04. The van der Waals surface area contributed by atoms with E-state index >= 15 is 0 Å². The van der Waals surface area contributed by atoms with Gasteiger partial charge in [-0.3, -0.25) is 0 Å². The maximum absolute atomic E-state index is 5.77. The lowest BCUT2D eigenvalue weighted by molar-refractivity contribution is 0.407. The zero-order chi connectivity index (χ0) is 13.9. The third-order valence-electron chi connectivity index (χ3n) is 2.75. The molecule has 100 valence electrons. The second kappa shape index (κ2) is 5.00. The van der Waals surface area contributed by atoms with E-state index in [0.29, 0.717) is 34.2 Å². The number of hydrogen-bond donors (Lipinski definition) is 1. The van der Waals surface area contributed by atoms with Gasteiger partial charge in [0.2, 0.25) is 5.88 Å². The summed E-state index contributed by atoms with van der Waals surface area (Å²) in [5.74, 6) is 2.09. The van der Waals surface area contributed by atoms with Crippen LogP contribution >= 0.6 is 0 Å². The second-order valence-electron chi connectivity index (χ2n) is 4.06. The summed E-state index contributed by atoms with van der Waals surface area (Å²) in [6, 6.07) is 10.8. The molecule has 3 aromatic rings. The van der Waals surface area contributed by atoms with Crippen molar-refractivity contribution < 1.29 is 9.47 Å². The van der Waals surface area contributed by atoms with Gasteiger partial charge in [0.15, 0.2) is 5.82 Å². The zero-order valence-electron chi connectivity index (χ0n) is 10.8. The molecule has 2 heterocycles. The quantitative estimate of drug-likeness (QED) is 0.785. The molecule has 0 saturated heterocycles. The number of fused-ring (bicyclic) bond motifs is 1. The van der Waals surface area contributed by atoms with Gasteiger partial charge < -0.3 is 15.2 Å². The maximum Gasteiger partial charge on any atom is 0.220 e. The molecule has 6 heteroatoms. The fourth-order valence-corrected chi connectivity index (χ4v) is 1.78. The van der Waals surface area contributed by atoms with Crippen LogP contribution in [0.15, 0.2) is 42.7 Å². The maximum atomic E-state index is 5.77. The lowest BCUT2D eigenvalue weighted by Crippen LogP contribution is -1.96. The topological polar surface area (TPSA) is 83.2 Å². The van der Waals surface area contributed by atoms with Crippen molar-refractivity contribution in [2.45, 2.75) is 0 Å². The number of pyridine rings is 1. The molecule has 0 bridgehead atoms. The fraction of sp³-hybridized carbons (Fsp3) is 0.0714. The normalized spacial score (nSPS) is 10.4. The molecule has 1 aromatic carbocycles. The molecule has 3 rings (SSSR count). The highest BCUT2D eigenvalue weighted by Crippen LogP contribution is 2.25. The number of nitrogens with two attached hydrogens (primary N) is 1. The van der Waals surface area contributed by atoms with Gasteiger partial charge in [0.05, 0.1) is 12.6 Å². The number of nitrogen functional groups attached to an aromatic ring is 1. The average Bonchev–Trinajstić information content (AvgIpc) is 2.48. The van der Waals surface area contributed by atoms with Crippen molar-refractivity contribution >= 4 is 16.9 Å². The first-order valence-electron chi connectivity index (χ1n) is 5.95. The Morgan fingerprint density at radius 1 is 1.05 bits per heavy atom. The zero-order valence-corrected chi connectivity index (χ0v) is 10.8. The second-order valence-corrected chi connectivity index (χ2v) is 4.06. The summed E-state index contributed by atoms with van der Waals surface area (Å²) in [5.41, 5.74) is 6.97. The standard InChI is InChI=1S/C14H12N4O2/c1-19-9-3-2-4-10(7-9)20-12-6-5-11-13(18-12)14(15)17-8-16-11/h2-8H,1H3,(H2,15,16,17). The third-order valence-corrected chi connectivity index (χ3v) is 2.75. The van der Waals surface area contributed by atoms with Crippen LogP contribution in [0.1, 0.15) is 0 Å². The number of benzene rings is 1. The lowest BCUT2D eigenvalue weighted by Gasteiger charge is -2.07. The summed E-state index contributed by atoms with van der Waals surface area (Å²) < 4.78 is 10.8. The minimum Gasteiger partial charge on any atom is -0.497 e. The summed E-state index contributed by atoms with van der Waals surface area (Å²) in [4.78, 5) is 12.3. The highest BCUT2D eigenvalue weighted by Gasteiger charge is 2.05. The molecule has 2 aromatic heterocycles. The summed E-state index contributed by atoms with van der Waals surface area (Å²) in [5, 5.41) is 0. The number of methoxy groups -OCH3 is 1. The van der Waals surface area contributed by atoms with Gasteiger partial charge in [0, 0.05) is 12.1 Å². The van der Waals surface area contributed by atoms with Crippen LogP contribution in [0.3, 0.4) is 0 Å². The van der Waals surface area contributed by atoms with E-state index in [1.54, 1.807) is 25.3 Å². The van der Waals surface area contributed by atoms with E-state index in [4.69, 9.17) is 15.2 Å². The minimum absolute atomic E-state index is 0.325. The van der Waals surface area contributed by atoms with E-state index in [1.807, 2.05) is 18.2 Å². The van der Waals surface area contributed by atoms with Crippen molar-refractivity contribution in [1.29, 1.82) is 0 Å². The van der Waals surface area contributed by atoms with Crippen LogP contribution in [-0.2, 0) is 0 Å². The fourth-order valence-electron chi connectivity index (χ4n) is 1.78. The first-order chi connectivity index (χ1) is 9.76. The molecule has 0 spiro atoms. The number of anilines is 1. The Morgan fingerprint density at radius 2 is 1.90 bits per heavy atom. The Balaban J connectivity index is 1.96. The van der Waals surface area contributed by atoms with Gasteiger partial charge >= 0.3 is 0 Å². The van der Waals surface area contributed by atoms with Gasteiger partial charge in [-0.2, -0.15) is 0 Å². The molecular weight excluding hydrogens is 256 g/mol. The first-order valence-corrected chi connectivity index (χ1v) is 5.95. The Morgan fingerprint density at radius 3 is 2.75 bits per heavy atom. The Labute approximate surface area is 115 Å². The first kappa shape index (κ1) is 12.2. The SMILES string of the molecule is COc1cccc(Oc2ccc3ncnc(N)c3n2)c1. The van der Waals surface area contributed by atoms with Crippen molar-refractivity contribution in [2.24, 2.45) is 0 Å². The van der Waals surface area contributed by atoms with Gasteiger partial charge in [0.1, 0.15) is 23.3 Å². The van der Waals surface area contributed by atoms with E-state index in [9.17, 15) is 0 Å². The van der Waals surface area contributed by atoms with Gasteiger partial charge in [-0.15, -0.1) is 0 Å². The molecule has 20 heavy (non-hydrogen) atoms. The number of nitrogens with zero attached hydrogens (tertiary/aromatic N) is 3. The van der Waals surface area contributed by atoms with E-state index in [-0.39, 0.29) is 0 Å². The van der Waals surface area contributed by atoms with Crippen LogP contribution in [0.2, 0.25) is 0 Å². The number of rotatable bonds is 3. The van der Waals surface area contributed by atoms with Crippen molar-refractivity contribution in [3.63, 3.8) is 0 Å². The molecular formula is C14H12N4O2. The van der Waals surface area contributed by atoms with Gasteiger partial charge in [-0.25, -0.2) is 15.0 Å². The minimum atomic E-state index is 0.325. The molecule has 0 saturated carbocycles. The van der Waals surface area contributed by atoms with Crippen LogP contribution in [0, 0.1) is 0 Å². The van der Waals surface area contributed by atoms with E-state index in [1.165, 1.54) is 6.33 Å². The number of aromatic nitrogens is 3. The Bertz CT molecular complexity index is 761. The molecule has 0 fully saturated rings. The molecule has 0 unspecified atom stereocenters. The largest absolute Gasteiger partial charge is 0.497 e. The molecule has 0 aliphatic heterocycles. The molecule has 0 aliphatic carbocycles. The molecule has 0 radical (unpaired) electrons. The lowest BCUT2D eigenvalue weighted by atomic mass is 10.3. The summed E-state index contributed by atoms with van der Waals surface area (Å²) in [6.07, 6.45) is 1.40. The molecule has 0 aliphatic rings. The van der Waals surface area contributed by atoms with Crippen LogP contribution in [0.4, 0.5) is 5.82 Å². The van der Waals surface area contributed by atoms with Crippen LogP contribution in [0.5, 0.6) is 17.4 Å². The van der Waals surface area contributed by atoms with Crippen molar-refractivity contribution in [1.82, 2.24) is 15.0 Å². The van der Waals surface area contributed by atoms with E-state index < -0.39 is 0 Å². The summed E-state index contributed by atoms with van der Waals surface area (Å²) in [7, 11) is 1.60. The summed E-state index contributed by atoms with van der Waals surface area (Å²) in [6.45, 7) is 0. The Hall–Kier alpha value is -2.89. The van der Waals surface area contributed by atoms with E-state index in [0.717, 1.165) is 0 Å². The molecule has 0 amide bonds. The van der Waals surface area contributed by atoms with E-state index in [2.05, 4.69) is 15.0 Å². The van der Waals surface area contributed by atoms with Crippen LogP contribution in [-0.4, -0.2) is 22.1 Å². The van der Waals surface area contributed by atoms with Crippen LogP contribution in [0.25, 0.3) is 11.0 Å². The van der Waals surface area contributed by atoms with Gasteiger partial charge in [-0.05, 0) is 18.2 Å². The average molecular weight is 268 g/mol. The van der Waals surface area contributed by atoms with Gasteiger partial charge in [0.25, 0.3) is 0 Å². The highest BCUT2D eigenvalue weighted by molar-refractivity contribution is 5.83. The van der Waals surface area contributed by atoms with Crippen molar-refractivity contribution in [3.05, 3.63) is 42.7 Å².